The Morgan fingerprint density at radius 3 is 2.79 bits per heavy atom. The van der Waals surface area contributed by atoms with Gasteiger partial charge in [0.2, 0.25) is 5.91 Å². The molecule has 1 aromatic rings. The van der Waals surface area contributed by atoms with Crippen LogP contribution in [-0.4, -0.2) is 59.1 Å². The summed E-state index contributed by atoms with van der Waals surface area (Å²) in [5.74, 6) is -0.768. The largest absolute Gasteiger partial charge is 0.463 e. The van der Waals surface area contributed by atoms with Crippen molar-refractivity contribution < 1.29 is 23.9 Å². The second-order valence-electron chi connectivity index (χ2n) is 7.02. The molecule has 8 nitrogen and oxygen atoms in total. The van der Waals surface area contributed by atoms with Gasteiger partial charge in [-0.15, -0.1) is 0 Å². The van der Waals surface area contributed by atoms with E-state index >= 15 is 0 Å². The van der Waals surface area contributed by atoms with Crippen LogP contribution in [0.1, 0.15) is 24.5 Å². The molecule has 0 bridgehead atoms. The number of thioether (sulfide) groups is 1. The van der Waals surface area contributed by atoms with Crippen LogP contribution in [0.4, 0.5) is 4.79 Å². The van der Waals surface area contributed by atoms with Crippen molar-refractivity contribution in [1.29, 1.82) is 0 Å². The van der Waals surface area contributed by atoms with Gasteiger partial charge in [0.1, 0.15) is 5.54 Å². The number of esters is 1. The standard InChI is InChI=1S/C20H21N3O5S/c1-2-28-17(25)11-16-22(15(24)12-29-16)9-10-23-18(26)20(21-19(23)27)8-7-13-5-3-4-6-14(13)20/h3-6,11H,2,7-10,12H2,1H3,(H,21,27)/b16-11-. The molecule has 29 heavy (non-hydrogen) atoms. The Balaban J connectivity index is 1.49. The number of imide groups is 1. The second kappa shape index (κ2) is 7.55. The molecule has 1 N–H and O–H groups in total. The van der Waals surface area contributed by atoms with Gasteiger partial charge in [0.15, 0.2) is 0 Å². The lowest BCUT2D eigenvalue weighted by Crippen LogP contribution is -2.43. The molecule has 4 amide bonds. The van der Waals surface area contributed by atoms with Gasteiger partial charge in [-0.2, -0.15) is 0 Å². The van der Waals surface area contributed by atoms with Crippen LogP contribution in [0, 0.1) is 0 Å². The number of hydrogen-bond acceptors (Lipinski definition) is 6. The highest BCUT2D eigenvalue weighted by Crippen LogP contribution is 2.41. The first kappa shape index (κ1) is 19.5. The number of benzene rings is 1. The van der Waals surface area contributed by atoms with Gasteiger partial charge in [0.05, 0.1) is 23.5 Å². The zero-order valence-electron chi connectivity index (χ0n) is 16.0. The van der Waals surface area contributed by atoms with E-state index in [1.54, 1.807) is 6.92 Å². The molecule has 1 aromatic carbocycles. The third-order valence-electron chi connectivity index (χ3n) is 5.41. The Morgan fingerprint density at radius 2 is 2.00 bits per heavy atom. The van der Waals surface area contributed by atoms with Crippen molar-refractivity contribution in [1.82, 2.24) is 15.1 Å². The first-order valence-corrected chi connectivity index (χ1v) is 10.5. The number of aryl methyl sites for hydroxylation is 1. The molecular formula is C20H21N3O5S. The first-order chi connectivity index (χ1) is 14.0. The number of amides is 4. The zero-order chi connectivity index (χ0) is 20.6. The average molecular weight is 415 g/mol. The van der Waals surface area contributed by atoms with Crippen LogP contribution in [0.15, 0.2) is 35.4 Å². The van der Waals surface area contributed by atoms with Gasteiger partial charge in [-0.25, -0.2) is 9.59 Å². The molecule has 0 saturated carbocycles. The number of rotatable bonds is 5. The second-order valence-corrected chi connectivity index (χ2v) is 8.01. The summed E-state index contributed by atoms with van der Waals surface area (Å²) >= 11 is 1.24. The van der Waals surface area contributed by atoms with Crippen LogP contribution in [0.5, 0.6) is 0 Å². The van der Waals surface area contributed by atoms with Crippen LogP contribution in [0.25, 0.3) is 0 Å². The van der Waals surface area contributed by atoms with Crippen molar-refractivity contribution in [2.75, 3.05) is 25.4 Å². The SMILES string of the molecule is CCOC(=O)/C=C1\SCC(=O)N1CCN1C(=O)NC2(CCc3ccccc32)C1=O. The van der Waals surface area contributed by atoms with E-state index in [2.05, 4.69) is 5.32 Å². The minimum Gasteiger partial charge on any atom is -0.463 e. The van der Waals surface area contributed by atoms with E-state index in [0.717, 1.165) is 17.5 Å². The predicted octanol–water partition coefficient (Wildman–Crippen LogP) is 1.36. The maximum absolute atomic E-state index is 13.2. The third-order valence-corrected chi connectivity index (χ3v) is 6.43. The van der Waals surface area contributed by atoms with E-state index in [1.165, 1.54) is 27.6 Å². The fraction of sp³-hybridized carbons (Fsp3) is 0.400. The number of nitrogens with zero attached hydrogens (tertiary/aromatic N) is 2. The van der Waals surface area contributed by atoms with E-state index in [-0.39, 0.29) is 37.3 Å². The van der Waals surface area contributed by atoms with Crippen molar-refractivity contribution in [3.63, 3.8) is 0 Å². The fourth-order valence-corrected chi connectivity index (χ4v) is 5.00. The Kier molecular flexibility index (Phi) is 5.08. The zero-order valence-corrected chi connectivity index (χ0v) is 16.8. The number of ether oxygens (including phenoxy) is 1. The Morgan fingerprint density at radius 1 is 1.24 bits per heavy atom. The van der Waals surface area contributed by atoms with Gasteiger partial charge in [0.25, 0.3) is 5.91 Å². The average Bonchev–Trinajstić information content (AvgIpc) is 3.31. The lowest BCUT2D eigenvalue weighted by atomic mass is 9.92. The highest BCUT2D eigenvalue weighted by Gasteiger charge is 2.55. The molecule has 1 spiro atoms. The maximum atomic E-state index is 13.2. The van der Waals surface area contributed by atoms with Crippen molar-refractivity contribution in [2.24, 2.45) is 0 Å². The number of carbonyl (C=O) groups excluding carboxylic acids is 4. The van der Waals surface area contributed by atoms with E-state index in [0.29, 0.717) is 11.4 Å². The minimum absolute atomic E-state index is 0.0566. The molecule has 1 atom stereocenters. The molecule has 0 radical (unpaired) electrons. The summed E-state index contributed by atoms with van der Waals surface area (Å²) in [6.45, 7) is 2.14. The summed E-state index contributed by atoms with van der Waals surface area (Å²) in [6, 6.07) is 7.18. The molecule has 2 saturated heterocycles. The van der Waals surface area contributed by atoms with Gasteiger partial charge in [-0.3, -0.25) is 14.5 Å². The highest BCUT2D eigenvalue weighted by atomic mass is 32.2. The van der Waals surface area contributed by atoms with Crippen LogP contribution in [0.2, 0.25) is 0 Å². The van der Waals surface area contributed by atoms with Crippen LogP contribution >= 0.6 is 11.8 Å². The summed E-state index contributed by atoms with van der Waals surface area (Å²) in [6.07, 6.45) is 2.53. The number of fused-ring (bicyclic) bond motifs is 2. The Hall–Kier alpha value is -2.81. The molecule has 3 aliphatic rings. The molecule has 2 fully saturated rings. The van der Waals surface area contributed by atoms with Gasteiger partial charge in [-0.1, -0.05) is 36.0 Å². The molecule has 4 rings (SSSR count). The maximum Gasteiger partial charge on any atom is 0.333 e. The summed E-state index contributed by atoms with van der Waals surface area (Å²) < 4.78 is 4.90. The number of hydrogen-bond donors (Lipinski definition) is 1. The van der Waals surface area contributed by atoms with E-state index < -0.39 is 17.5 Å². The smallest absolute Gasteiger partial charge is 0.333 e. The van der Waals surface area contributed by atoms with Gasteiger partial charge < -0.3 is 15.0 Å². The molecule has 0 aromatic heterocycles. The van der Waals surface area contributed by atoms with Gasteiger partial charge in [-0.05, 0) is 30.9 Å². The molecule has 9 heteroatoms. The summed E-state index contributed by atoms with van der Waals surface area (Å²) in [7, 11) is 0. The summed E-state index contributed by atoms with van der Waals surface area (Å²) in [4.78, 5) is 52.3. The monoisotopic (exact) mass is 415 g/mol. The molecule has 1 aliphatic carbocycles. The lowest BCUT2D eigenvalue weighted by molar-refractivity contribution is -0.137. The van der Waals surface area contributed by atoms with E-state index in [1.807, 2.05) is 24.3 Å². The quantitative estimate of drug-likeness (QED) is 0.443. The summed E-state index contributed by atoms with van der Waals surface area (Å²) in [5, 5.41) is 3.35. The Labute approximate surface area is 172 Å². The normalized spacial score (nSPS) is 24.6. The van der Waals surface area contributed by atoms with E-state index in [9.17, 15) is 19.2 Å². The summed E-state index contributed by atoms with van der Waals surface area (Å²) in [5.41, 5.74) is 0.895. The lowest BCUT2D eigenvalue weighted by Gasteiger charge is -2.23. The van der Waals surface area contributed by atoms with Crippen LogP contribution in [-0.2, 0) is 31.1 Å². The predicted molar refractivity (Wildman–Crippen MR) is 106 cm³/mol. The molecular weight excluding hydrogens is 394 g/mol. The van der Waals surface area contributed by atoms with E-state index in [4.69, 9.17) is 4.74 Å². The topological polar surface area (TPSA) is 96.0 Å². The van der Waals surface area contributed by atoms with Gasteiger partial charge in [0, 0.05) is 13.1 Å². The van der Waals surface area contributed by atoms with Gasteiger partial charge >= 0.3 is 12.0 Å². The Bertz CT molecular complexity index is 930. The number of urea groups is 1. The fourth-order valence-electron chi connectivity index (χ4n) is 4.05. The number of carbonyl (C=O) groups is 4. The molecule has 152 valence electrons. The molecule has 1 unspecified atom stereocenters. The van der Waals surface area contributed by atoms with Crippen molar-refractivity contribution >= 4 is 35.6 Å². The van der Waals surface area contributed by atoms with Crippen LogP contribution < -0.4 is 5.32 Å². The highest BCUT2D eigenvalue weighted by molar-refractivity contribution is 8.04. The first-order valence-electron chi connectivity index (χ1n) is 9.50. The number of nitrogens with one attached hydrogen (secondary N) is 1. The molecule has 2 heterocycles. The van der Waals surface area contributed by atoms with Crippen LogP contribution in [0.3, 0.4) is 0 Å². The third kappa shape index (κ3) is 3.29. The van der Waals surface area contributed by atoms with Crippen molar-refractivity contribution in [3.8, 4) is 0 Å². The van der Waals surface area contributed by atoms with Crippen molar-refractivity contribution in [3.05, 3.63) is 46.5 Å². The molecule has 2 aliphatic heterocycles. The minimum atomic E-state index is -1.01. The van der Waals surface area contributed by atoms with Crippen molar-refractivity contribution in [2.45, 2.75) is 25.3 Å².